The molecular formula is C25H29FO3. The number of hydrogen-bond donors (Lipinski definition) is 1. The van der Waals surface area contributed by atoms with Gasteiger partial charge in [-0.25, -0.2) is 4.39 Å². The van der Waals surface area contributed by atoms with Gasteiger partial charge in [0.2, 0.25) is 0 Å². The van der Waals surface area contributed by atoms with Crippen molar-refractivity contribution in [2.75, 3.05) is 6.61 Å². The summed E-state index contributed by atoms with van der Waals surface area (Å²) in [6.07, 6.45) is 3.95. The Balaban J connectivity index is 1.86. The molecule has 0 spiro atoms. The Labute approximate surface area is 172 Å². The largest absolute Gasteiger partial charge is 0.494 e. The van der Waals surface area contributed by atoms with Crippen LogP contribution in [0.3, 0.4) is 0 Å². The third-order valence-electron chi connectivity index (χ3n) is 5.43. The molecule has 0 saturated heterocycles. The topological polar surface area (TPSA) is 46.5 Å². The number of ether oxygens (including phenoxy) is 1. The normalized spacial score (nSPS) is 19.1. The molecule has 1 aliphatic carbocycles. The van der Waals surface area contributed by atoms with E-state index in [-0.39, 0.29) is 12.2 Å². The van der Waals surface area contributed by atoms with Gasteiger partial charge in [0.05, 0.1) is 6.61 Å². The maximum atomic E-state index is 13.5. The molecule has 2 atom stereocenters. The van der Waals surface area contributed by atoms with Gasteiger partial charge in [0.15, 0.2) is 0 Å². The molecule has 29 heavy (non-hydrogen) atoms. The molecule has 1 fully saturated rings. The summed E-state index contributed by atoms with van der Waals surface area (Å²) in [6.45, 7) is 4.98. The van der Waals surface area contributed by atoms with Gasteiger partial charge in [0.1, 0.15) is 11.6 Å². The third kappa shape index (κ3) is 5.93. The third-order valence-corrected chi connectivity index (χ3v) is 5.43. The van der Waals surface area contributed by atoms with Crippen LogP contribution in [0.15, 0.2) is 54.1 Å². The maximum Gasteiger partial charge on any atom is 0.303 e. The molecule has 154 valence electrons. The van der Waals surface area contributed by atoms with Crippen molar-refractivity contribution in [1.82, 2.24) is 0 Å². The Morgan fingerprint density at radius 3 is 2.10 bits per heavy atom. The summed E-state index contributed by atoms with van der Waals surface area (Å²) < 4.78 is 19.2. The Hall–Kier alpha value is -2.62. The van der Waals surface area contributed by atoms with Crippen molar-refractivity contribution in [3.05, 3.63) is 71.0 Å². The number of hydrogen-bond acceptors (Lipinski definition) is 2. The Bertz CT molecular complexity index is 841. The second kappa shape index (κ2) is 9.73. The van der Waals surface area contributed by atoms with Crippen molar-refractivity contribution in [1.29, 1.82) is 0 Å². The lowest BCUT2D eigenvalue weighted by molar-refractivity contribution is -0.137. The van der Waals surface area contributed by atoms with Gasteiger partial charge >= 0.3 is 5.97 Å². The summed E-state index contributed by atoms with van der Waals surface area (Å²) in [7, 11) is 0. The van der Waals surface area contributed by atoms with Crippen LogP contribution in [0.2, 0.25) is 0 Å². The van der Waals surface area contributed by atoms with E-state index in [1.165, 1.54) is 29.7 Å². The van der Waals surface area contributed by atoms with E-state index in [2.05, 4.69) is 13.8 Å². The van der Waals surface area contributed by atoms with Crippen LogP contribution in [-0.4, -0.2) is 17.7 Å². The van der Waals surface area contributed by atoms with Crippen LogP contribution in [0.4, 0.5) is 4.39 Å². The SMILES string of the molecule is CC1CC(=C(c2ccc(F)cc2)c2ccc(OCCCC(=O)O)cc2)CC(C)C1. The molecule has 3 nitrogen and oxygen atoms in total. The first kappa shape index (κ1) is 21.1. The summed E-state index contributed by atoms with van der Waals surface area (Å²) in [5.74, 6) is 0.971. The van der Waals surface area contributed by atoms with E-state index in [9.17, 15) is 9.18 Å². The molecular weight excluding hydrogens is 367 g/mol. The minimum Gasteiger partial charge on any atom is -0.494 e. The van der Waals surface area contributed by atoms with Gasteiger partial charge in [-0.2, -0.15) is 0 Å². The minimum atomic E-state index is -0.810. The highest BCUT2D eigenvalue weighted by Crippen LogP contribution is 2.39. The Kier molecular flexibility index (Phi) is 7.08. The van der Waals surface area contributed by atoms with Crippen LogP contribution in [0.5, 0.6) is 5.75 Å². The molecule has 0 heterocycles. The highest BCUT2D eigenvalue weighted by molar-refractivity contribution is 5.82. The number of aliphatic carboxylic acids is 1. The van der Waals surface area contributed by atoms with Crippen LogP contribution in [0, 0.1) is 17.7 Å². The van der Waals surface area contributed by atoms with Gasteiger partial charge in [-0.05, 0) is 78.5 Å². The number of carbonyl (C=O) groups is 1. The van der Waals surface area contributed by atoms with Crippen LogP contribution >= 0.6 is 0 Å². The first-order valence-electron chi connectivity index (χ1n) is 10.4. The second-order valence-corrected chi connectivity index (χ2v) is 8.21. The molecule has 0 bridgehead atoms. The molecule has 1 saturated carbocycles. The molecule has 0 aromatic heterocycles. The second-order valence-electron chi connectivity index (χ2n) is 8.21. The average molecular weight is 397 g/mol. The average Bonchev–Trinajstić information content (AvgIpc) is 2.67. The summed E-state index contributed by atoms with van der Waals surface area (Å²) in [5, 5.41) is 8.71. The van der Waals surface area contributed by atoms with E-state index in [0.717, 1.165) is 29.7 Å². The molecule has 0 amide bonds. The number of benzene rings is 2. The van der Waals surface area contributed by atoms with E-state index in [1.807, 2.05) is 36.4 Å². The maximum absolute atomic E-state index is 13.5. The van der Waals surface area contributed by atoms with Gasteiger partial charge in [-0.1, -0.05) is 43.7 Å². The van der Waals surface area contributed by atoms with Crippen LogP contribution < -0.4 is 4.74 Å². The lowest BCUT2D eigenvalue weighted by Gasteiger charge is -2.29. The van der Waals surface area contributed by atoms with Crippen molar-refractivity contribution in [3.63, 3.8) is 0 Å². The molecule has 1 N–H and O–H groups in total. The number of rotatable bonds is 7. The zero-order valence-electron chi connectivity index (χ0n) is 17.2. The van der Waals surface area contributed by atoms with Crippen molar-refractivity contribution >= 4 is 11.5 Å². The highest BCUT2D eigenvalue weighted by Gasteiger charge is 2.23. The van der Waals surface area contributed by atoms with Crippen molar-refractivity contribution in [2.24, 2.45) is 11.8 Å². The van der Waals surface area contributed by atoms with E-state index >= 15 is 0 Å². The molecule has 1 aliphatic rings. The molecule has 2 aromatic rings. The number of allylic oxidation sites excluding steroid dienone is 1. The summed E-state index contributed by atoms with van der Waals surface area (Å²) in [4.78, 5) is 10.6. The van der Waals surface area contributed by atoms with Crippen LogP contribution in [0.1, 0.15) is 57.1 Å². The number of carboxylic acid groups (broad SMARTS) is 1. The van der Waals surface area contributed by atoms with E-state index < -0.39 is 5.97 Å². The standard InChI is InChI=1S/C25H29FO3/c1-17-14-18(2)16-21(15-17)25(19-5-9-22(26)10-6-19)20-7-11-23(12-8-20)29-13-3-4-24(27)28/h5-12,17-18H,3-4,13-16H2,1-2H3,(H,27,28). The van der Waals surface area contributed by atoms with Crippen molar-refractivity contribution < 1.29 is 19.0 Å². The Morgan fingerprint density at radius 1 is 1.00 bits per heavy atom. The number of carboxylic acids is 1. The number of halogens is 1. The summed E-state index contributed by atoms with van der Waals surface area (Å²) in [6, 6.07) is 14.7. The van der Waals surface area contributed by atoms with E-state index in [4.69, 9.17) is 9.84 Å². The van der Waals surface area contributed by atoms with Gasteiger partial charge in [-0.3, -0.25) is 4.79 Å². The van der Waals surface area contributed by atoms with Gasteiger partial charge in [-0.15, -0.1) is 0 Å². The van der Waals surface area contributed by atoms with E-state index in [1.54, 1.807) is 0 Å². The first-order chi connectivity index (χ1) is 13.9. The fraction of sp³-hybridized carbons (Fsp3) is 0.400. The molecule has 2 unspecified atom stereocenters. The van der Waals surface area contributed by atoms with Gasteiger partial charge in [0.25, 0.3) is 0 Å². The van der Waals surface area contributed by atoms with Crippen molar-refractivity contribution in [3.8, 4) is 5.75 Å². The fourth-order valence-corrected chi connectivity index (χ4v) is 4.30. The smallest absolute Gasteiger partial charge is 0.303 e. The molecule has 0 aliphatic heterocycles. The molecule has 0 radical (unpaired) electrons. The monoisotopic (exact) mass is 396 g/mol. The summed E-state index contributed by atoms with van der Waals surface area (Å²) >= 11 is 0. The molecule has 2 aromatic carbocycles. The van der Waals surface area contributed by atoms with E-state index in [0.29, 0.717) is 24.9 Å². The predicted molar refractivity (Wildman–Crippen MR) is 113 cm³/mol. The zero-order chi connectivity index (χ0) is 20.8. The fourth-order valence-electron chi connectivity index (χ4n) is 4.30. The zero-order valence-corrected chi connectivity index (χ0v) is 17.2. The van der Waals surface area contributed by atoms with Crippen molar-refractivity contribution in [2.45, 2.75) is 46.0 Å². The minimum absolute atomic E-state index is 0.106. The lowest BCUT2D eigenvalue weighted by atomic mass is 9.76. The van der Waals surface area contributed by atoms with Gasteiger partial charge in [0, 0.05) is 6.42 Å². The van der Waals surface area contributed by atoms with Crippen LogP contribution in [-0.2, 0) is 4.79 Å². The lowest BCUT2D eigenvalue weighted by Crippen LogP contribution is -2.14. The molecule has 3 rings (SSSR count). The Morgan fingerprint density at radius 2 is 1.55 bits per heavy atom. The quantitative estimate of drug-likeness (QED) is 0.557. The highest BCUT2D eigenvalue weighted by atomic mass is 19.1. The first-order valence-corrected chi connectivity index (χ1v) is 10.4. The van der Waals surface area contributed by atoms with Crippen LogP contribution in [0.25, 0.3) is 5.57 Å². The molecule has 4 heteroatoms. The van der Waals surface area contributed by atoms with Gasteiger partial charge < -0.3 is 9.84 Å². The predicted octanol–water partition coefficient (Wildman–Crippen LogP) is 6.33. The summed E-state index contributed by atoms with van der Waals surface area (Å²) in [5.41, 5.74) is 4.77.